The van der Waals surface area contributed by atoms with E-state index in [9.17, 15) is 18.0 Å². The number of piperidine rings is 1. The third-order valence-corrected chi connectivity index (χ3v) is 7.41. The highest BCUT2D eigenvalue weighted by atomic mass is 32.2. The van der Waals surface area contributed by atoms with Crippen LogP contribution >= 0.6 is 0 Å². The van der Waals surface area contributed by atoms with Gasteiger partial charge in [-0.3, -0.25) is 4.79 Å². The maximum Gasteiger partial charge on any atom is 0.321 e. The topological polar surface area (TPSA) is 108 Å². The number of carbonyl (C=O) groups is 2. The molecule has 0 unspecified atom stereocenters. The number of anilines is 1. The van der Waals surface area contributed by atoms with Crippen LogP contribution in [0.25, 0.3) is 0 Å². The number of sulfonamides is 1. The summed E-state index contributed by atoms with van der Waals surface area (Å²) in [6.07, 6.45) is 1.11. The smallest absolute Gasteiger partial charge is 0.321 e. The number of hydrogen-bond donors (Lipinski definition) is 3. The second-order valence-electron chi connectivity index (χ2n) is 9.03. The van der Waals surface area contributed by atoms with Gasteiger partial charge in [0.2, 0.25) is 10.0 Å². The zero-order valence-corrected chi connectivity index (χ0v) is 19.5. The van der Waals surface area contributed by atoms with Crippen molar-refractivity contribution in [2.75, 3.05) is 18.4 Å². The Hall–Kier alpha value is -2.13. The second kappa shape index (κ2) is 9.34. The maximum atomic E-state index is 12.7. The summed E-state index contributed by atoms with van der Waals surface area (Å²) in [6, 6.07) is 4.83. The highest BCUT2D eigenvalue weighted by molar-refractivity contribution is 7.90. The molecule has 8 nitrogen and oxygen atoms in total. The van der Waals surface area contributed by atoms with E-state index >= 15 is 0 Å². The molecular formula is C21H34N4O4S. The first-order valence-corrected chi connectivity index (χ1v) is 11.8. The largest absolute Gasteiger partial charge is 0.350 e. The fourth-order valence-electron chi connectivity index (χ4n) is 3.15. The Kier molecular flexibility index (Phi) is 7.52. The molecule has 0 aromatic heterocycles. The van der Waals surface area contributed by atoms with Gasteiger partial charge >= 0.3 is 6.03 Å². The van der Waals surface area contributed by atoms with Gasteiger partial charge < -0.3 is 15.5 Å². The van der Waals surface area contributed by atoms with E-state index in [1.807, 2.05) is 13.8 Å². The van der Waals surface area contributed by atoms with Gasteiger partial charge in [-0.25, -0.2) is 17.9 Å². The third kappa shape index (κ3) is 5.95. The van der Waals surface area contributed by atoms with Crippen molar-refractivity contribution in [1.82, 2.24) is 14.9 Å². The van der Waals surface area contributed by atoms with Gasteiger partial charge in [0.05, 0.1) is 4.75 Å². The molecule has 168 valence electrons. The van der Waals surface area contributed by atoms with E-state index in [-0.39, 0.29) is 24.0 Å². The van der Waals surface area contributed by atoms with E-state index in [4.69, 9.17) is 0 Å². The van der Waals surface area contributed by atoms with Crippen LogP contribution < -0.4 is 15.4 Å². The number of nitrogens with zero attached hydrogens (tertiary/aromatic N) is 1. The van der Waals surface area contributed by atoms with Crippen molar-refractivity contribution in [3.8, 4) is 0 Å². The molecule has 30 heavy (non-hydrogen) atoms. The summed E-state index contributed by atoms with van der Waals surface area (Å²) in [5.41, 5.74) is 1.82. The van der Waals surface area contributed by atoms with Crippen molar-refractivity contribution in [3.63, 3.8) is 0 Å². The molecule has 9 heteroatoms. The van der Waals surface area contributed by atoms with Gasteiger partial charge in [-0.1, -0.05) is 6.07 Å². The van der Waals surface area contributed by atoms with E-state index in [1.165, 1.54) is 0 Å². The Morgan fingerprint density at radius 2 is 1.73 bits per heavy atom. The zero-order chi connectivity index (χ0) is 22.7. The average Bonchev–Trinajstić information content (AvgIpc) is 2.62. The molecule has 0 bridgehead atoms. The normalized spacial score (nSPS) is 15.9. The lowest BCUT2D eigenvalue weighted by Gasteiger charge is -2.34. The average molecular weight is 439 g/mol. The minimum absolute atomic E-state index is 0.0205. The maximum absolute atomic E-state index is 12.7. The lowest BCUT2D eigenvalue weighted by Crippen LogP contribution is -2.50. The van der Waals surface area contributed by atoms with Crippen molar-refractivity contribution in [3.05, 3.63) is 29.3 Å². The predicted molar refractivity (Wildman–Crippen MR) is 119 cm³/mol. The molecule has 1 saturated heterocycles. The molecule has 2 rings (SSSR count). The molecule has 3 N–H and O–H groups in total. The van der Waals surface area contributed by atoms with Crippen molar-refractivity contribution in [2.45, 2.75) is 71.2 Å². The monoisotopic (exact) mass is 438 g/mol. The number of amides is 3. The van der Waals surface area contributed by atoms with Gasteiger partial charge in [0.1, 0.15) is 0 Å². The van der Waals surface area contributed by atoms with Crippen LogP contribution in [0.3, 0.4) is 0 Å². The molecule has 0 aliphatic carbocycles. The summed E-state index contributed by atoms with van der Waals surface area (Å²) >= 11 is 0. The van der Waals surface area contributed by atoms with Crippen LogP contribution in [0.5, 0.6) is 0 Å². The Morgan fingerprint density at radius 1 is 1.13 bits per heavy atom. The number of benzene rings is 1. The highest BCUT2D eigenvalue weighted by Crippen LogP contribution is 2.21. The minimum atomic E-state index is -3.42. The molecule has 1 aliphatic rings. The molecule has 0 spiro atoms. The summed E-state index contributed by atoms with van der Waals surface area (Å²) in [4.78, 5) is 26.7. The fraction of sp³-hybridized carbons (Fsp3) is 0.619. The third-order valence-electron chi connectivity index (χ3n) is 5.15. The number of urea groups is 1. The Bertz CT molecular complexity index is 883. The SMILES string of the molecule is Cc1c(NC(=O)N2CCC(NS(=O)(=O)C(C)(C)C)CC2)cccc1C(=O)NC(C)C. The molecule has 1 heterocycles. The molecule has 0 atom stereocenters. The predicted octanol–water partition coefficient (Wildman–Crippen LogP) is 2.85. The Balaban J connectivity index is 1.98. The number of likely N-dealkylation sites (tertiary alicyclic amines) is 1. The summed E-state index contributed by atoms with van der Waals surface area (Å²) in [7, 11) is -3.42. The van der Waals surface area contributed by atoms with Gasteiger partial charge in [0, 0.05) is 36.4 Å². The van der Waals surface area contributed by atoms with E-state index in [1.54, 1.807) is 50.8 Å². The molecule has 0 saturated carbocycles. The van der Waals surface area contributed by atoms with E-state index in [0.29, 0.717) is 42.7 Å². The van der Waals surface area contributed by atoms with Crippen LogP contribution in [0, 0.1) is 6.92 Å². The standard InChI is InChI=1S/C21H34N4O4S/c1-14(2)22-19(26)17-8-7-9-18(15(17)3)23-20(27)25-12-10-16(11-13-25)24-30(28,29)21(4,5)6/h7-9,14,16,24H,10-13H2,1-6H3,(H,22,26)(H,23,27). The lowest BCUT2D eigenvalue weighted by molar-refractivity contribution is 0.0942. The summed E-state index contributed by atoms with van der Waals surface area (Å²) in [6.45, 7) is 11.5. The number of carbonyl (C=O) groups excluding carboxylic acids is 2. The van der Waals surface area contributed by atoms with Gasteiger partial charge in [-0.2, -0.15) is 0 Å². The summed E-state index contributed by atoms with van der Waals surface area (Å²) in [5, 5.41) is 5.74. The molecule has 3 amide bonds. The molecule has 1 aromatic rings. The Labute approximate surface area is 179 Å². The van der Waals surface area contributed by atoms with E-state index in [2.05, 4.69) is 15.4 Å². The highest BCUT2D eigenvalue weighted by Gasteiger charge is 2.33. The minimum Gasteiger partial charge on any atom is -0.350 e. The first-order valence-electron chi connectivity index (χ1n) is 10.3. The first kappa shape index (κ1) is 24.1. The van der Waals surface area contributed by atoms with Crippen LogP contribution in [0.2, 0.25) is 0 Å². The van der Waals surface area contributed by atoms with Gasteiger partial charge in [-0.15, -0.1) is 0 Å². The van der Waals surface area contributed by atoms with Crippen molar-refractivity contribution in [2.24, 2.45) is 0 Å². The zero-order valence-electron chi connectivity index (χ0n) is 18.7. The summed E-state index contributed by atoms with van der Waals surface area (Å²) < 4.78 is 26.6. The van der Waals surface area contributed by atoms with Crippen LogP contribution in [0.4, 0.5) is 10.5 Å². The van der Waals surface area contributed by atoms with E-state index < -0.39 is 14.8 Å². The lowest BCUT2D eigenvalue weighted by atomic mass is 10.1. The quantitative estimate of drug-likeness (QED) is 0.657. The van der Waals surface area contributed by atoms with Crippen LogP contribution in [-0.2, 0) is 10.0 Å². The summed E-state index contributed by atoms with van der Waals surface area (Å²) in [5.74, 6) is -0.175. The molecule has 0 radical (unpaired) electrons. The van der Waals surface area contributed by atoms with Crippen LogP contribution in [0.1, 0.15) is 63.4 Å². The fourth-order valence-corrected chi connectivity index (χ4v) is 4.18. The molecule has 1 aliphatic heterocycles. The van der Waals surface area contributed by atoms with Crippen molar-refractivity contribution in [1.29, 1.82) is 0 Å². The van der Waals surface area contributed by atoms with Crippen molar-refractivity contribution < 1.29 is 18.0 Å². The van der Waals surface area contributed by atoms with Gasteiger partial charge in [-0.05, 0) is 72.1 Å². The number of nitrogens with one attached hydrogen (secondary N) is 3. The number of rotatable bonds is 5. The molecule has 1 fully saturated rings. The molecular weight excluding hydrogens is 404 g/mol. The Morgan fingerprint density at radius 3 is 2.27 bits per heavy atom. The van der Waals surface area contributed by atoms with Crippen molar-refractivity contribution >= 4 is 27.6 Å². The number of hydrogen-bond acceptors (Lipinski definition) is 4. The van der Waals surface area contributed by atoms with Crippen LogP contribution in [0.15, 0.2) is 18.2 Å². The second-order valence-corrected chi connectivity index (χ2v) is 11.5. The van der Waals surface area contributed by atoms with Gasteiger partial charge in [0.15, 0.2) is 0 Å². The van der Waals surface area contributed by atoms with Crippen LogP contribution in [-0.4, -0.2) is 55.2 Å². The van der Waals surface area contributed by atoms with Gasteiger partial charge in [0.25, 0.3) is 5.91 Å². The van der Waals surface area contributed by atoms with E-state index in [0.717, 1.165) is 0 Å². The molecule has 1 aromatic carbocycles. The first-order chi connectivity index (χ1) is 13.8.